The third-order valence-corrected chi connectivity index (χ3v) is 3.91. The lowest BCUT2D eigenvalue weighted by Gasteiger charge is -2.09. The zero-order chi connectivity index (χ0) is 14.1. The molecule has 0 fully saturated rings. The number of hydrogen-bond donors (Lipinski definition) is 3. The van der Waals surface area contributed by atoms with E-state index in [-0.39, 0.29) is 0 Å². The van der Waals surface area contributed by atoms with Crippen LogP contribution in [0.1, 0.15) is 0 Å². The van der Waals surface area contributed by atoms with Crippen molar-refractivity contribution in [2.75, 3.05) is 17.7 Å². The van der Waals surface area contributed by atoms with Crippen molar-refractivity contribution in [2.24, 2.45) is 0 Å². The van der Waals surface area contributed by atoms with Crippen molar-refractivity contribution in [3.63, 3.8) is 0 Å². The molecule has 102 valence electrons. The number of nitrogens with one attached hydrogen (secondary N) is 3. The number of fused-ring (bicyclic) bond motifs is 1. The summed E-state index contributed by atoms with van der Waals surface area (Å²) < 4.78 is 0.813. The van der Waals surface area contributed by atoms with Crippen molar-refractivity contribution >= 4 is 56.1 Å². The Labute approximate surface area is 128 Å². The number of hydrogen-bond acceptors (Lipinski definition) is 5. The first-order valence-electron chi connectivity index (χ1n) is 5.78. The summed E-state index contributed by atoms with van der Waals surface area (Å²) in [6, 6.07) is 5.56. The third kappa shape index (κ3) is 2.41. The second-order valence-electron chi connectivity index (χ2n) is 4.00. The van der Waals surface area contributed by atoms with Crippen molar-refractivity contribution in [3.05, 3.63) is 34.0 Å². The number of benzene rings is 1. The normalized spacial score (nSPS) is 10.8. The lowest BCUT2D eigenvalue weighted by molar-refractivity contribution is 1.18. The van der Waals surface area contributed by atoms with E-state index in [2.05, 4.69) is 46.5 Å². The summed E-state index contributed by atoms with van der Waals surface area (Å²) in [6.45, 7) is 0. The highest BCUT2D eigenvalue weighted by atomic mass is 79.9. The van der Waals surface area contributed by atoms with Crippen LogP contribution in [0.4, 0.5) is 17.5 Å². The van der Waals surface area contributed by atoms with Crippen LogP contribution in [-0.4, -0.2) is 27.0 Å². The van der Waals surface area contributed by atoms with Crippen LogP contribution in [0, 0.1) is 0 Å². The highest BCUT2D eigenvalue weighted by Gasteiger charge is 2.10. The molecule has 0 saturated heterocycles. The molecule has 0 saturated carbocycles. The minimum atomic E-state index is 0.500. The van der Waals surface area contributed by atoms with Crippen LogP contribution < -0.4 is 10.6 Å². The largest absolute Gasteiger partial charge is 0.357 e. The van der Waals surface area contributed by atoms with Gasteiger partial charge in [0.05, 0.1) is 11.3 Å². The molecule has 3 N–H and O–H groups in total. The van der Waals surface area contributed by atoms with E-state index in [1.54, 1.807) is 19.4 Å². The van der Waals surface area contributed by atoms with E-state index in [0.717, 1.165) is 15.7 Å². The van der Waals surface area contributed by atoms with Crippen LogP contribution in [0.15, 0.2) is 29.0 Å². The van der Waals surface area contributed by atoms with Gasteiger partial charge in [-0.05, 0) is 34.1 Å². The molecule has 0 aliphatic rings. The van der Waals surface area contributed by atoms with Gasteiger partial charge in [0, 0.05) is 17.2 Å². The van der Waals surface area contributed by atoms with Crippen molar-refractivity contribution < 1.29 is 0 Å². The molecule has 0 aliphatic heterocycles. The molecule has 0 amide bonds. The van der Waals surface area contributed by atoms with Gasteiger partial charge in [0.1, 0.15) is 5.52 Å². The average molecular weight is 354 g/mol. The first-order chi connectivity index (χ1) is 9.67. The molecule has 0 unspecified atom stereocenters. The van der Waals surface area contributed by atoms with Crippen molar-refractivity contribution in [1.29, 1.82) is 0 Å². The summed E-state index contributed by atoms with van der Waals surface area (Å²) in [5.74, 6) is 1.14. The fourth-order valence-corrected chi connectivity index (χ4v) is 2.24. The Morgan fingerprint density at radius 2 is 2.15 bits per heavy atom. The van der Waals surface area contributed by atoms with Crippen LogP contribution in [0.2, 0.25) is 5.02 Å². The van der Waals surface area contributed by atoms with Crippen LogP contribution in [0.25, 0.3) is 11.2 Å². The number of halogens is 2. The minimum Gasteiger partial charge on any atom is -0.357 e. The van der Waals surface area contributed by atoms with Gasteiger partial charge in [-0.15, -0.1) is 0 Å². The van der Waals surface area contributed by atoms with E-state index >= 15 is 0 Å². The first kappa shape index (κ1) is 13.1. The number of aromatic nitrogens is 4. The van der Waals surface area contributed by atoms with Crippen LogP contribution in [0.5, 0.6) is 0 Å². The van der Waals surface area contributed by atoms with E-state index in [0.29, 0.717) is 22.4 Å². The van der Waals surface area contributed by atoms with Gasteiger partial charge in [0.25, 0.3) is 0 Å². The third-order valence-electron chi connectivity index (χ3n) is 2.69. The summed E-state index contributed by atoms with van der Waals surface area (Å²) in [4.78, 5) is 15.8. The maximum atomic E-state index is 5.98. The minimum absolute atomic E-state index is 0.500. The Morgan fingerprint density at radius 3 is 2.90 bits per heavy atom. The zero-order valence-electron chi connectivity index (χ0n) is 10.4. The molecule has 0 bridgehead atoms. The van der Waals surface area contributed by atoms with E-state index in [1.807, 2.05) is 12.1 Å². The van der Waals surface area contributed by atoms with Gasteiger partial charge in [-0.1, -0.05) is 11.6 Å². The molecular weight excluding hydrogens is 344 g/mol. The number of H-pyrrole nitrogens is 1. The maximum absolute atomic E-state index is 5.98. The fraction of sp³-hybridized carbons (Fsp3) is 0.0833. The highest BCUT2D eigenvalue weighted by molar-refractivity contribution is 9.10. The molecule has 0 spiro atoms. The Balaban J connectivity index is 2.04. The lowest BCUT2D eigenvalue weighted by atomic mass is 10.3. The van der Waals surface area contributed by atoms with Gasteiger partial charge in [0.2, 0.25) is 5.95 Å². The predicted molar refractivity (Wildman–Crippen MR) is 83.7 cm³/mol. The van der Waals surface area contributed by atoms with Gasteiger partial charge >= 0.3 is 0 Å². The second kappa shape index (κ2) is 5.26. The Hall–Kier alpha value is -1.86. The summed E-state index contributed by atoms with van der Waals surface area (Å²) in [5.41, 5.74) is 2.20. The van der Waals surface area contributed by atoms with E-state index in [9.17, 15) is 0 Å². The summed E-state index contributed by atoms with van der Waals surface area (Å²) in [7, 11) is 1.76. The molecule has 3 rings (SSSR count). The number of imidazole rings is 1. The molecular formula is C12H10BrClN6. The zero-order valence-corrected chi connectivity index (χ0v) is 12.7. The molecule has 2 heterocycles. The summed E-state index contributed by atoms with van der Waals surface area (Å²) >= 11 is 9.38. The van der Waals surface area contributed by atoms with E-state index < -0.39 is 0 Å². The van der Waals surface area contributed by atoms with Gasteiger partial charge in [0.15, 0.2) is 11.5 Å². The molecule has 0 aliphatic carbocycles. The Bertz CT molecular complexity index is 772. The molecule has 6 nitrogen and oxygen atoms in total. The molecule has 8 heteroatoms. The van der Waals surface area contributed by atoms with Gasteiger partial charge < -0.3 is 15.6 Å². The SMILES string of the molecule is CNc1nc(Nc2ccc(Cl)c(Br)c2)c2[nH]cnc2n1. The smallest absolute Gasteiger partial charge is 0.226 e. The number of nitrogens with zero attached hydrogens (tertiary/aromatic N) is 3. The van der Waals surface area contributed by atoms with E-state index in [4.69, 9.17) is 11.6 Å². The molecule has 1 aromatic carbocycles. The van der Waals surface area contributed by atoms with Crippen molar-refractivity contribution in [1.82, 2.24) is 19.9 Å². The highest BCUT2D eigenvalue weighted by Crippen LogP contribution is 2.28. The predicted octanol–water partition coefficient (Wildman–Crippen LogP) is 3.55. The Kier molecular flexibility index (Phi) is 3.45. The summed E-state index contributed by atoms with van der Waals surface area (Å²) in [5, 5.41) is 6.79. The fourth-order valence-electron chi connectivity index (χ4n) is 1.75. The second-order valence-corrected chi connectivity index (χ2v) is 5.26. The summed E-state index contributed by atoms with van der Waals surface area (Å²) in [6.07, 6.45) is 1.59. The monoisotopic (exact) mass is 352 g/mol. The average Bonchev–Trinajstić information content (AvgIpc) is 2.91. The van der Waals surface area contributed by atoms with Crippen LogP contribution in [-0.2, 0) is 0 Å². The Morgan fingerprint density at radius 1 is 1.30 bits per heavy atom. The lowest BCUT2D eigenvalue weighted by Crippen LogP contribution is -2.01. The quantitative estimate of drug-likeness (QED) is 0.671. The standard InChI is InChI=1S/C12H10BrClN6/c1-15-12-19-10-9(16-5-17-10)11(20-12)18-6-2-3-8(14)7(13)4-6/h2-5H,1H3,(H3,15,16,17,18,19,20). The first-order valence-corrected chi connectivity index (χ1v) is 6.95. The topological polar surface area (TPSA) is 78.5 Å². The van der Waals surface area contributed by atoms with E-state index in [1.165, 1.54) is 0 Å². The van der Waals surface area contributed by atoms with Crippen LogP contribution in [0.3, 0.4) is 0 Å². The van der Waals surface area contributed by atoms with Crippen molar-refractivity contribution in [2.45, 2.75) is 0 Å². The van der Waals surface area contributed by atoms with Gasteiger partial charge in [-0.2, -0.15) is 9.97 Å². The molecule has 20 heavy (non-hydrogen) atoms. The number of rotatable bonds is 3. The molecule has 2 aromatic heterocycles. The number of aromatic amines is 1. The van der Waals surface area contributed by atoms with Gasteiger partial charge in [-0.3, -0.25) is 0 Å². The van der Waals surface area contributed by atoms with Gasteiger partial charge in [-0.25, -0.2) is 4.98 Å². The molecule has 0 radical (unpaired) electrons. The molecule has 0 atom stereocenters. The van der Waals surface area contributed by atoms with Crippen LogP contribution >= 0.6 is 27.5 Å². The maximum Gasteiger partial charge on any atom is 0.226 e. The van der Waals surface area contributed by atoms with Crippen molar-refractivity contribution in [3.8, 4) is 0 Å². The number of anilines is 3. The molecule has 3 aromatic rings.